The number of hydrogen-bond acceptors (Lipinski definition) is 2. The number of benzene rings is 1. The molecule has 0 fully saturated rings. The summed E-state index contributed by atoms with van der Waals surface area (Å²) in [5, 5.41) is 5.19. The van der Waals surface area contributed by atoms with E-state index in [2.05, 4.69) is 36.5 Å². The van der Waals surface area contributed by atoms with Crippen LogP contribution in [0, 0.1) is 0 Å². The first-order valence-electron chi connectivity index (χ1n) is 6.64. The van der Waals surface area contributed by atoms with Gasteiger partial charge in [-0.15, -0.1) is 11.3 Å². The lowest BCUT2D eigenvalue weighted by atomic mass is 9.92. The highest BCUT2D eigenvalue weighted by Crippen LogP contribution is 2.40. The van der Waals surface area contributed by atoms with E-state index in [-0.39, 0.29) is 0 Å². The monoisotopic (exact) mass is 245 g/mol. The summed E-state index contributed by atoms with van der Waals surface area (Å²) in [6, 6.07) is 9.47. The van der Waals surface area contributed by atoms with E-state index in [4.69, 9.17) is 0 Å². The Morgan fingerprint density at radius 1 is 1.35 bits per heavy atom. The minimum absolute atomic E-state index is 0.607. The quantitative estimate of drug-likeness (QED) is 0.851. The maximum absolute atomic E-state index is 3.70. The number of thiophene rings is 1. The lowest BCUT2D eigenvalue weighted by Crippen LogP contribution is -2.24. The molecule has 2 heteroatoms. The van der Waals surface area contributed by atoms with Crippen molar-refractivity contribution in [1.82, 2.24) is 5.32 Å². The summed E-state index contributed by atoms with van der Waals surface area (Å²) >= 11 is 2.00. The van der Waals surface area contributed by atoms with Crippen molar-refractivity contribution >= 4 is 21.4 Å². The van der Waals surface area contributed by atoms with Crippen LogP contribution in [-0.2, 0) is 6.42 Å². The van der Waals surface area contributed by atoms with Crippen molar-refractivity contribution in [1.29, 1.82) is 0 Å². The molecule has 0 saturated heterocycles. The van der Waals surface area contributed by atoms with Crippen LogP contribution in [0.25, 0.3) is 10.1 Å². The van der Waals surface area contributed by atoms with Crippen molar-refractivity contribution in [2.75, 3.05) is 6.54 Å². The van der Waals surface area contributed by atoms with E-state index >= 15 is 0 Å². The molecule has 0 saturated carbocycles. The molecule has 1 heterocycles. The van der Waals surface area contributed by atoms with Gasteiger partial charge in [0.25, 0.3) is 0 Å². The molecule has 17 heavy (non-hydrogen) atoms. The number of rotatable bonds is 3. The molecule has 3 rings (SSSR count). The molecule has 1 nitrogen and oxygen atoms in total. The van der Waals surface area contributed by atoms with Crippen molar-refractivity contribution < 1.29 is 0 Å². The molecule has 0 radical (unpaired) electrons. The summed E-state index contributed by atoms with van der Waals surface area (Å²) in [6.45, 7) is 3.38. The van der Waals surface area contributed by atoms with Gasteiger partial charge in [-0.25, -0.2) is 0 Å². The molecule has 1 aliphatic rings. The summed E-state index contributed by atoms with van der Waals surface area (Å²) in [5.74, 6) is 0. The minimum atomic E-state index is 0.607. The maximum atomic E-state index is 3.70. The normalized spacial score (nSPS) is 19.5. The molecule has 1 atom stereocenters. The van der Waals surface area contributed by atoms with E-state index in [9.17, 15) is 0 Å². The van der Waals surface area contributed by atoms with Crippen LogP contribution in [0.1, 0.15) is 42.7 Å². The SMILES string of the molecule is CCCNC1CCCc2c1sc1ccccc21. The second kappa shape index (κ2) is 4.79. The van der Waals surface area contributed by atoms with Crippen LogP contribution < -0.4 is 5.32 Å². The summed E-state index contributed by atoms with van der Waals surface area (Å²) in [6.07, 6.45) is 5.12. The Morgan fingerprint density at radius 3 is 3.12 bits per heavy atom. The Bertz CT molecular complexity index is 515. The molecule has 0 bridgehead atoms. The average Bonchev–Trinajstić information content (AvgIpc) is 2.75. The van der Waals surface area contributed by atoms with Gasteiger partial charge < -0.3 is 5.32 Å². The molecule has 1 aromatic carbocycles. The fraction of sp³-hybridized carbons (Fsp3) is 0.467. The summed E-state index contributed by atoms with van der Waals surface area (Å²) in [7, 11) is 0. The standard InChI is InChI=1S/C15H19NS/c1-2-10-16-13-8-5-7-12-11-6-3-4-9-14(11)17-15(12)13/h3-4,6,9,13,16H,2,5,7-8,10H2,1H3. The highest BCUT2D eigenvalue weighted by molar-refractivity contribution is 7.19. The summed E-state index contributed by atoms with van der Waals surface area (Å²) < 4.78 is 1.46. The van der Waals surface area contributed by atoms with Gasteiger partial charge in [-0.05, 0) is 49.2 Å². The Labute approximate surface area is 107 Å². The second-order valence-electron chi connectivity index (χ2n) is 4.84. The first-order valence-corrected chi connectivity index (χ1v) is 7.45. The van der Waals surface area contributed by atoms with Gasteiger partial charge in [-0.3, -0.25) is 0 Å². The molecule has 1 aromatic heterocycles. The third-order valence-corrected chi connectivity index (χ3v) is 4.93. The molecule has 90 valence electrons. The first-order chi connectivity index (χ1) is 8.40. The van der Waals surface area contributed by atoms with Crippen LogP contribution in [0.5, 0.6) is 0 Å². The van der Waals surface area contributed by atoms with Crippen LogP contribution in [-0.4, -0.2) is 6.54 Å². The van der Waals surface area contributed by atoms with E-state index in [0.717, 1.165) is 6.54 Å². The van der Waals surface area contributed by atoms with E-state index in [1.54, 1.807) is 10.4 Å². The topological polar surface area (TPSA) is 12.0 Å². The van der Waals surface area contributed by atoms with Crippen LogP contribution >= 0.6 is 11.3 Å². The molecule has 1 unspecified atom stereocenters. The summed E-state index contributed by atoms with van der Waals surface area (Å²) in [4.78, 5) is 1.60. The smallest absolute Gasteiger partial charge is 0.0418 e. The van der Waals surface area contributed by atoms with Crippen molar-refractivity contribution in [3.8, 4) is 0 Å². The first kappa shape index (κ1) is 11.2. The lowest BCUT2D eigenvalue weighted by Gasteiger charge is -2.23. The van der Waals surface area contributed by atoms with E-state index in [0.29, 0.717) is 6.04 Å². The lowest BCUT2D eigenvalue weighted by molar-refractivity contribution is 0.469. The third-order valence-electron chi connectivity index (χ3n) is 3.61. The van der Waals surface area contributed by atoms with Crippen LogP contribution in [0.15, 0.2) is 24.3 Å². The Morgan fingerprint density at radius 2 is 2.24 bits per heavy atom. The number of hydrogen-bond donors (Lipinski definition) is 1. The van der Waals surface area contributed by atoms with Crippen LogP contribution in [0.3, 0.4) is 0 Å². The molecular formula is C15H19NS. The van der Waals surface area contributed by atoms with Crippen molar-refractivity contribution in [2.45, 2.75) is 38.6 Å². The zero-order valence-corrected chi connectivity index (χ0v) is 11.1. The van der Waals surface area contributed by atoms with Gasteiger partial charge in [-0.2, -0.15) is 0 Å². The zero-order chi connectivity index (χ0) is 11.7. The Balaban J connectivity index is 2.02. The highest BCUT2D eigenvalue weighted by Gasteiger charge is 2.23. The van der Waals surface area contributed by atoms with E-state index < -0.39 is 0 Å². The number of nitrogens with one attached hydrogen (secondary N) is 1. The fourth-order valence-electron chi connectivity index (χ4n) is 2.78. The Hall–Kier alpha value is -0.860. The maximum Gasteiger partial charge on any atom is 0.0418 e. The molecule has 0 amide bonds. The van der Waals surface area contributed by atoms with Gasteiger partial charge >= 0.3 is 0 Å². The van der Waals surface area contributed by atoms with E-state index in [1.165, 1.54) is 35.8 Å². The van der Waals surface area contributed by atoms with Crippen molar-refractivity contribution in [3.63, 3.8) is 0 Å². The zero-order valence-electron chi connectivity index (χ0n) is 10.3. The van der Waals surface area contributed by atoms with Crippen molar-refractivity contribution in [3.05, 3.63) is 34.7 Å². The minimum Gasteiger partial charge on any atom is -0.309 e. The number of aryl methyl sites for hydroxylation is 1. The second-order valence-corrected chi connectivity index (χ2v) is 5.92. The largest absolute Gasteiger partial charge is 0.309 e. The van der Waals surface area contributed by atoms with Gasteiger partial charge in [0.05, 0.1) is 0 Å². The molecular weight excluding hydrogens is 226 g/mol. The summed E-state index contributed by atoms with van der Waals surface area (Å²) in [5.41, 5.74) is 1.62. The highest BCUT2D eigenvalue weighted by atomic mass is 32.1. The average molecular weight is 245 g/mol. The molecule has 1 aliphatic carbocycles. The van der Waals surface area contributed by atoms with Crippen molar-refractivity contribution in [2.24, 2.45) is 0 Å². The van der Waals surface area contributed by atoms with Gasteiger partial charge in [0.15, 0.2) is 0 Å². The molecule has 0 aliphatic heterocycles. The van der Waals surface area contributed by atoms with Gasteiger partial charge in [0, 0.05) is 15.6 Å². The number of fused-ring (bicyclic) bond motifs is 3. The Kier molecular flexibility index (Phi) is 3.17. The molecule has 1 N–H and O–H groups in total. The van der Waals surface area contributed by atoms with Crippen LogP contribution in [0.4, 0.5) is 0 Å². The molecule has 2 aromatic rings. The van der Waals surface area contributed by atoms with E-state index in [1.807, 2.05) is 11.3 Å². The van der Waals surface area contributed by atoms with Gasteiger partial charge in [-0.1, -0.05) is 25.1 Å². The van der Waals surface area contributed by atoms with Gasteiger partial charge in [0.2, 0.25) is 0 Å². The third kappa shape index (κ3) is 2.00. The van der Waals surface area contributed by atoms with Gasteiger partial charge in [0.1, 0.15) is 0 Å². The fourth-order valence-corrected chi connectivity index (χ4v) is 4.15. The molecule has 0 spiro atoms. The predicted octanol–water partition coefficient (Wildman–Crippen LogP) is 4.28. The predicted molar refractivity (Wildman–Crippen MR) is 75.8 cm³/mol. The van der Waals surface area contributed by atoms with Crippen LogP contribution in [0.2, 0.25) is 0 Å².